The van der Waals surface area contributed by atoms with Crippen LogP contribution in [0.25, 0.3) is 11.3 Å². The van der Waals surface area contributed by atoms with Gasteiger partial charge >= 0.3 is 0 Å². The number of hydrogen-bond donors (Lipinski definition) is 2. The summed E-state index contributed by atoms with van der Waals surface area (Å²) in [6, 6.07) is 14.3. The van der Waals surface area contributed by atoms with E-state index in [0.29, 0.717) is 17.1 Å². The van der Waals surface area contributed by atoms with Gasteiger partial charge in [-0.2, -0.15) is 0 Å². The van der Waals surface area contributed by atoms with Crippen LogP contribution in [0.15, 0.2) is 59.6 Å². The summed E-state index contributed by atoms with van der Waals surface area (Å²) in [6.45, 7) is 3.32. The van der Waals surface area contributed by atoms with Crippen LogP contribution >= 0.6 is 0 Å². The minimum atomic E-state index is -1.21. The number of carbonyl (C=O) groups excluding carboxylic acids is 1. The van der Waals surface area contributed by atoms with E-state index in [2.05, 4.69) is 27.2 Å². The van der Waals surface area contributed by atoms with Crippen molar-refractivity contribution in [3.05, 3.63) is 60.4 Å². The van der Waals surface area contributed by atoms with Crippen LogP contribution in [0.3, 0.4) is 0 Å². The standard InChI is InChI=1S/C23H26N6O3S/c1-28-10-12-29(13-11-28)33(31)19-8-6-16(7-9-19)20-15-25-22(24)21(27-20)23(30)26-17-4-3-5-18(14-17)32-2/h3-9,14-15H,10-13H2,1-2H3,(H2,24,25)(H,26,30). The van der Waals surface area contributed by atoms with Crippen LogP contribution in [-0.2, 0) is 11.0 Å². The molecular weight excluding hydrogens is 440 g/mol. The highest BCUT2D eigenvalue weighted by molar-refractivity contribution is 7.82. The molecule has 0 spiro atoms. The van der Waals surface area contributed by atoms with E-state index < -0.39 is 16.9 Å². The first kappa shape index (κ1) is 22.8. The van der Waals surface area contributed by atoms with E-state index in [1.54, 1.807) is 31.4 Å². The number of benzene rings is 2. The number of likely N-dealkylation sites (N-methyl/N-ethyl adjacent to an activating group) is 1. The Kier molecular flexibility index (Phi) is 6.97. The summed E-state index contributed by atoms with van der Waals surface area (Å²) in [7, 11) is 2.40. The second kappa shape index (κ2) is 10.1. The van der Waals surface area contributed by atoms with Gasteiger partial charge in [-0.25, -0.2) is 18.5 Å². The highest BCUT2D eigenvalue weighted by atomic mass is 32.2. The zero-order valence-electron chi connectivity index (χ0n) is 18.5. The lowest BCUT2D eigenvalue weighted by Gasteiger charge is -2.31. The number of methoxy groups -OCH3 is 1. The van der Waals surface area contributed by atoms with Crippen molar-refractivity contribution in [1.82, 2.24) is 19.2 Å². The molecule has 4 rings (SSSR count). The first-order valence-corrected chi connectivity index (χ1v) is 11.6. The first-order valence-electron chi connectivity index (χ1n) is 10.5. The van der Waals surface area contributed by atoms with Crippen molar-refractivity contribution in [1.29, 1.82) is 0 Å². The van der Waals surface area contributed by atoms with Crippen molar-refractivity contribution < 1.29 is 13.7 Å². The monoisotopic (exact) mass is 466 g/mol. The number of nitrogens with zero attached hydrogens (tertiary/aromatic N) is 4. The fourth-order valence-corrected chi connectivity index (χ4v) is 4.60. The fraction of sp³-hybridized carbons (Fsp3) is 0.261. The van der Waals surface area contributed by atoms with Gasteiger partial charge in [-0.1, -0.05) is 18.2 Å². The molecule has 0 bridgehead atoms. The maximum Gasteiger partial charge on any atom is 0.278 e. The third-order valence-corrected chi connectivity index (χ3v) is 6.90. The Morgan fingerprint density at radius 2 is 1.85 bits per heavy atom. The van der Waals surface area contributed by atoms with Gasteiger partial charge in [0.25, 0.3) is 5.91 Å². The maximum absolute atomic E-state index is 12.9. The number of piperazine rings is 1. The summed E-state index contributed by atoms with van der Waals surface area (Å²) < 4.78 is 20.0. The van der Waals surface area contributed by atoms with Gasteiger partial charge in [-0.05, 0) is 31.3 Å². The van der Waals surface area contributed by atoms with E-state index in [4.69, 9.17) is 10.5 Å². The number of aromatic nitrogens is 2. The molecule has 9 nitrogen and oxygen atoms in total. The normalized spacial score (nSPS) is 15.7. The number of nitrogen functional groups attached to an aromatic ring is 1. The second-order valence-electron chi connectivity index (χ2n) is 7.68. The molecule has 33 heavy (non-hydrogen) atoms. The highest BCUT2D eigenvalue weighted by Gasteiger charge is 2.20. The molecule has 1 aliphatic rings. The smallest absolute Gasteiger partial charge is 0.278 e. The quantitative estimate of drug-likeness (QED) is 0.573. The lowest BCUT2D eigenvalue weighted by Crippen LogP contribution is -2.45. The molecule has 3 N–H and O–H groups in total. The van der Waals surface area contributed by atoms with Crippen LogP contribution in [0.1, 0.15) is 10.5 Å². The molecule has 10 heteroatoms. The molecule has 1 aromatic heterocycles. The number of amides is 1. The summed E-state index contributed by atoms with van der Waals surface area (Å²) in [6.07, 6.45) is 1.52. The zero-order chi connectivity index (χ0) is 23.4. The lowest BCUT2D eigenvalue weighted by atomic mass is 10.1. The van der Waals surface area contributed by atoms with Gasteiger partial charge in [-0.15, -0.1) is 0 Å². The van der Waals surface area contributed by atoms with Gasteiger partial charge in [0.2, 0.25) is 0 Å². The lowest BCUT2D eigenvalue weighted by molar-refractivity contribution is 0.102. The number of hydrogen-bond acceptors (Lipinski definition) is 7. The number of nitrogens with two attached hydrogens (primary N) is 1. The summed E-state index contributed by atoms with van der Waals surface area (Å²) in [5.74, 6) is 0.185. The van der Waals surface area contributed by atoms with Crippen LogP contribution in [0, 0.1) is 0 Å². The molecule has 1 aliphatic heterocycles. The van der Waals surface area contributed by atoms with Crippen LogP contribution in [0.2, 0.25) is 0 Å². The molecule has 172 valence electrons. The van der Waals surface area contributed by atoms with Crippen molar-refractivity contribution in [3.63, 3.8) is 0 Å². The Morgan fingerprint density at radius 3 is 2.55 bits per heavy atom. The third-order valence-electron chi connectivity index (χ3n) is 5.39. The molecule has 1 amide bonds. The summed E-state index contributed by atoms with van der Waals surface area (Å²) >= 11 is 0. The van der Waals surface area contributed by atoms with Crippen LogP contribution < -0.4 is 15.8 Å². The second-order valence-corrected chi connectivity index (χ2v) is 9.17. The van der Waals surface area contributed by atoms with Crippen LogP contribution in [0.5, 0.6) is 5.75 Å². The van der Waals surface area contributed by atoms with Gasteiger partial charge in [0, 0.05) is 43.5 Å². The summed E-state index contributed by atoms with van der Waals surface area (Å²) in [5.41, 5.74) is 7.76. The molecule has 0 aliphatic carbocycles. The molecular formula is C23H26N6O3S. The Labute approximate surface area is 195 Å². The van der Waals surface area contributed by atoms with Gasteiger partial charge < -0.3 is 20.7 Å². The van der Waals surface area contributed by atoms with Crippen molar-refractivity contribution >= 4 is 28.4 Å². The van der Waals surface area contributed by atoms with E-state index in [0.717, 1.165) is 36.6 Å². The number of anilines is 2. The molecule has 1 unspecified atom stereocenters. The number of nitrogens with one attached hydrogen (secondary N) is 1. The Bertz CT molecular complexity index is 1160. The Morgan fingerprint density at radius 1 is 1.12 bits per heavy atom. The highest BCUT2D eigenvalue weighted by Crippen LogP contribution is 2.23. The minimum Gasteiger partial charge on any atom is -0.497 e. The van der Waals surface area contributed by atoms with Gasteiger partial charge in [0.05, 0.1) is 23.9 Å². The maximum atomic E-state index is 12.9. The molecule has 3 aromatic rings. The summed E-state index contributed by atoms with van der Waals surface area (Å²) in [5, 5.41) is 2.77. The van der Waals surface area contributed by atoms with Crippen molar-refractivity contribution in [2.45, 2.75) is 4.90 Å². The van der Waals surface area contributed by atoms with Gasteiger partial charge in [-0.3, -0.25) is 4.79 Å². The molecule has 0 saturated carbocycles. The van der Waals surface area contributed by atoms with Crippen LogP contribution in [-0.4, -0.2) is 69.6 Å². The molecule has 1 atom stereocenters. The first-order chi connectivity index (χ1) is 15.9. The predicted octanol–water partition coefficient (Wildman–Crippen LogP) is 2.26. The fourth-order valence-electron chi connectivity index (χ4n) is 3.44. The Hall–Kier alpha value is -3.34. The van der Waals surface area contributed by atoms with Crippen molar-refractivity contribution in [2.75, 3.05) is 51.4 Å². The van der Waals surface area contributed by atoms with Crippen molar-refractivity contribution in [3.8, 4) is 17.0 Å². The van der Waals surface area contributed by atoms with E-state index in [9.17, 15) is 9.00 Å². The van der Waals surface area contributed by atoms with E-state index in [-0.39, 0.29) is 11.5 Å². The van der Waals surface area contributed by atoms with Gasteiger partial charge in [0.15, 0.2) is 11.5 Å². The SMILES string of the molecule is COc1cccc(NC(=O)c2nc(-c3ccc(S(=O)N4CCN(C)CC4)cc3)cnc2N)c1. The number of ether oxygens (including phenoxy) is 1. The predicted molar refractivity (Wildman–Crippen MR) is 128 cm³/mol. The average Bonchev–Trinajstić information content (AvgIpc) is 2.84. The van der Waals surface area contributed by atoms with Crippen LogP contribution in [0.4, 0.5) is 11.5 Å². The zero-order valence-corrected chi connectivity index (χ0v) is 19.3. The van der Waals surface area contributed by atoms with E-state index in [1.165, 1.54) is 6.20 Å². The Balaban J connectivity index is 1.51. The van der Waals surface area contributed by atoms with Crippen molar-refractivity contribution in [2.24, 2.45) is 0 Å². The topological polar surface area (TPSA) is 114 Å². The summed E-state index contributed by atoms with van der Waals surface area (Å²) in [4.78, 5) is 24.3. The minimum absolute atomic E-state index is 0.0282. The average molecular weight is 467 g/mol. The molecule has 2 aromatic carbocycles. The molecule has 0 radical (unpaired) electrons. The number of rotatable bonds is 6. The van der Waals surface area contributed by atoms with Gasteiger partial charge in [0.1, 0.15) is 16.7 Å². The molecule has 1 fully saturated rings. The number of carbonyl (C=O) groups is 1. The molecule has 2 heterocycles. The third kappa shape index (κ3) is 5.36. The van der Waals surface area contributed by atoms with E-state index >= 15 is 0 Å². The van der Waals surface area contributed by atoms with E-state index in [1.807, 2.05) is 28.6 Å². The molecule has 1 saturated heterocycles. The largest absolute Gasteiger partial charge is 0.497 e.